The van der Waals surface area contributed by atoms with E-state index in [2.05, 4.69) is 21.2 Å². The zero-order chi connectivity index (χ0) is 13.2. The van der Waals surface area contributed by atoms with Crippen LogP contribution in [0.2, 0.25) is 0 Å². The summed E-state index contributed by atoms with van der Waals surface area (Å²) in [5.74, 6) is -0.931. The first-order valence-electron chi connectivity index (χ1n) is 5.95. The molecular formula is C13H16BrNO3. The number of carboxylic acids is 1. The van der Waals surface area contributed by atoms with Crippen LogP contribution < -0.4 is 5.32 Å². The molecule has 0 aromatic heterocycles. The summed E-state index contributed by atoms with van der Waals surface area (Å²) in [6, 6.07) is 4.96. The summed E-state index contributed by atoms with van der Waals surface area (Å²) in [4.78, 5) is 10.8. The fraction of sp³-hybridized carbons (Fsp3) is 0.462. The predicted octanol–water partition coefficient (Wildman–Crippen LogP) is 2.15. The van der Waals surface area contributed by atoms with E-state index in [-0.39, 0.29) is 5.56 Å². The summed E-state index contributed by atoms with van der Waals surface area (Å²) in [7, 11) is 0. The van der Waals surface area contributed by atoms with Gasteiger partial charge in [0.05, 0.1) is 11.2 Å². The fourth-order valence-corrected chi connectivity index (χ4v) is 2.53. The number of hydrogen-bond donors (Lipinski definition) is 3. The van der Waals surface area contributed by atoms with Crippen LogP contribution in [0, 0.1) is 0 Å². The van der Waals surface area contributed by atoms with Crippen LogP contribution in [0.5, 0.6) is 0 Å². The second kappa shape index (κ2) is 5.38. The van der Waals surface area contributed by atoms with Gasteiger partial charge in [-0.05, 0) is 37.0 Å². The lowest BCUT2D eigenvalue weighted by atomic mass is 9.80. The van der Waals surface area contributed by atoms with Crippen molar-refractivity contribution in [3.8, 4) is 0 Å². The number of benzene rings is 1. The van der Waals surface area contributed by atoms with E-state index in [9.17, 15) is 9.90 Å². The van der Waals surface area contributed by atoms with Gasteiger partial charge in [0.1, 0.15) is 0 Å². The Morgan fingerprint density at radius 3 is 2.67 bits per heavy atom. The maximum Gasteiger partial charge on any atom is 0.335 e. The first kappa shape index (κ1) is 13.5. The van der Waals surface area contributed by atoms with Gasteiger partial charge in [0.15, 0.2) is 0 Å². The average Bonchev–Trinajstić information content (AvgIpc) is 2.28. The lowest BCUT2D eigenvalue weighted by molar-refractivity contribution is -0.0314. The molecule has 18 heavy (non-hydrogen) atoms. The van der Waals surface area contributed by atoms with Gasteiger partial charge in [-0.25, -0.2) is 4.79 Å². The first-order valence-corrected chi connectivity index (χ1v) is 6.74. The Morgan fingerprint density at radius 1 is 1.44 bits per heavy atom. The second-order valence-electron chi connectivity index (χ2n) is 4.79. The number of halogens is 1. The Kier molecular flexibility index (Phi) is 4.04. The van der Waals surface area contributed by atoms with Gasteiger partial charge in [0.25, 0.3) is 0 Å². The second-order valence-corrected chi connectivity index (χ2v) is 5.65. The molecule has 98 valence electrons. The highest BCUT2D eigenvalue weighted by Gasteiger charge is 2.33. The maximum absolute atomic E-state index is 10.8. The Bertz CT molecular complexity index is 458. The minimum atomic E-state index is -0.931. The number of aliphatic hydroxyl groups is 1. The van der Waals surface area contributed by atoms with Crippen molar-refractivity contribution in [2.75, 3.05) is 6.54 Å². The highest BCUT2D eigenvalue weighted by Crippen LogP contribution is 2.30. The number of rotatable bonds is 5. The van der Waals surface area contributed by atoms with E-state index in [0.29, 0.717) is 13.1 Å². The quantitative estimate of drug-likeness (QED) is 0.779. The molecule has 0 saturated heterocycles. The van der Waals surface area contributed by atoms with E-state index in [0.717, 1.165) is 29.3 Å². The van der Waals surface area contributed by atoms with Crippen molar-refractivity contribution in [3.05, 3.63) is 33.8 Å². The lowest BCUT2D eigenvalue weighted by Gasteiger charge is -2.36. The largest absolute Gasteiger partial charge is 0.478 e. The van der Waals surface area contributed by atoms with E-state index < -0.39 is 11.6 Å². The van der Waals surface area contributed by atoms with E-state index >= 15 is 0 Å². The monoisotopic (exact) mass is 313 g/mol. The van der Waals surface area contributed by atoms with Crippen LogP contribution in [0.15, 0.2) is 22.7 Å². The third-order valence-electron chi connectivity index (χ3n) is 3.35. The van der Waals surface area contributed by atoms with Crippen LogP contribution in [0.3, 0.4) is 0 Å². The third kappa shape index (κ3) is 3.10. The molecule has 0 spiro atoms. The van der Waals surface area contributed by atoms with Crippen LogP contribution in [-0.4, -0.2) is 28.3 Å². The molecule has 1 aromatic rings. The summed E-state index contributed by atoms with van der Waals surface area (Å²) in [6.07, 6.45) is 2.81. The zero-order valence-electron chi connectivity index (χ0n) is 9.95. The molecule has 0 unspecified atom stereocenters. The van der Waals surface area contributed by atoms with Crippen LogP contribution in [0.25, 0.3) is 0 Å². The molecule has 3 N–H and O–H groups in total. The van der Waals surface area contributed by atoms with Crippen molar-refractivity contribution in [1.29, 1.82) is 0 Å². The summed E-state index contributed by atoms with van der Waals surface area (Å²) < 4.78 is 0.774. The van der Waals surface area contributed by atoms with Gasteiger partial charge in [-0.15, -0.1) is 0 Å². The van der Waals surface area contributed by atoms with Crippen molar-refractivity contribution in [3.63, 3.8) is 0 Å². The van der Waals surface area contributed by atoms with Crippen molar-refractivity contribution in [2.45, 2.75) is 31.4 Å². The Morgan fingerprint density at radius 2 is 2.17 bits per heavy atom. The van der Waals surface area contributed by atoms with E-state index in [1.807, 2.05) is 0 Å². The molecule has 0 heterocycles. The highest BCUT2D eigenvalue weighted by atomic mass is 79.9. The van der Waals surface area contributed by atoms with Gasteiger partial charge in [-0.3, -0.25) is 0 Å². The number of aromatic carboxylic acids is 1. The lowest BCUT2D eigenvalue weighted by Crippen LogP contribution is -2.46. The Labute approximate surface area is 114 Å². The van der Waals surface area contributed by atoms with Gasteiger partial charge in [0.2, 0.25) is 0 Å². The van der Waals surface area contributed by atoms with E-state index in [1.54, 1.807) is 18.2 Å². The normalized spacial score (nSPS) is 17.2. The van der Waals surface area contributed by atoms with Crippen LogP contribution in [0.4, 0.5) is 0 Å². The third-order valence-corrected chi connectivity index (χ3v) is 4.09. The van der Waals surface area contributed by atoms with Crippen molar-refractivity contribution in [2.24, 2.45) is 0 Å². The van der Waals surface area contributed by atoms with Crippen molar-refractivity contribution in [1.82, 2.24) is 5.32 Å². The summed E-state index contributed by atoms with van der Waals surface area (Å²) >= 11 is 3.36. The maximum atomic E-state index is 10.8. The highest BCUT2D eigenvalue weighted by molar-refractivity contribution is 9.10. The van der Waals surface area contributed by atoms with E-state index in [1.165, 1.54) is 0 Å². The summed E-state index contributed by atoms with van der Waals surface area (Å²) in [6.45, 7) is 1.20. The molecule has 1 fully saturated rings. The van der Waals surface area contributed by atoms with Crippen LogP contribution in [-0.2, 0) is 6.54 Å². The molecule has 1 aromatic carbocycles. The van der Waals surface area contributed by atoms with Gasteiger partial charge in [-0.2, -0.15) is 0 Å². The molecule has 4 nitrogen and oxygen atoms in total. The molecule has 0 atom stereocenters. The Balaban J connectivity index is 1.91. The molecule has 1 saturated carbocycles. The fourth-order valence-electron chi connectivity index (χ4n) is 2.02. The van der Waals surface area contributed by atoms with Crippen molar-refractivity contribution < 1.29 is 15.0 Å². The molecule has 5 heteroatoms. The molecule has 0 radical (unpaired) electrons. The molecule has 0 aliphatic heterocycles. The SMILES string of the molecule is O=C(O)c1ccc(CNCC2(O)CCC2)c(Br)c1. The van der Waals surface area contributed by atoms with Gasteiger partial charge in [0, 0.05) is 17.6 Å². The predicted molar refractivity (Wildman–Crippen MR) is 71.6 cm³/mol. The van der Waals surface area contributed by atoms with Crippen LogP contribution >= 0.6 is 15.9 Å². The number of carbonyl (C=O) groups is 1. The van der Waals surface area contributed by atoms with Gasteiger partial charge >= 0.3 is 5.97 Å². The average molecular weight is 314 g/mol. The smallest absolute Gasteiger partial charge is 0.335 e. The first-order chi connectivity index (χ1) is 8.50. The standard InChI is InChI=1S/C13H16BrNO3/c14-11-6-9(12(16)17)2-3-10(11)7-15-8-13(18)4-1-5-13/h2-3,6,15,18H,1,4-5,7-8H2,(H,16,17). The molecular weight excluding hydrogens is 298 g/mol. The molecule has 0 bridgehead atoms. The van der Waals surface area contributed by atoms with Gasteiger partial charge < -0.3 is 15.5 Å². The summed E-state index contributed by atoms with van der Waals surface area (Å²) in [5, 5.41) is 22.0. The molecule has 1 aliphatic rings. The van der Waals surface area contributed by atoms with Crippen molar-refractivity contribution >= 4 is 21.9 Å². The number of nitrogens with one attached hydrogen (secondary N) is 1. The number of hydrogen-bond acceptors (Lipinski definition) is 3. The number of carboxylic acid groups (broad SMARTS) is 1. The van der Waals surface area contributed by atoms with Gasteiger partial charge in [-0.1, -0.05) is 22.0 Å². The molecule has 0 amide bonds. The molecule has 1 aliphatic carbocycles. The molecule has 2 rings (SSSR count). The minimum absolute atomic E-state index is 0.267. The Hall–Kier alpha value is -0.910. The topological polar surface area (TPSA) is 69.6 Å². The van der Waals surface area contributed by atoms with Crippen LogP contribution in [0.1, 0.15) is 35.2 Å². The zero-order valence-corrected chi connectivity index (χ0v) is 11.5. The minimum Gasteiger partial charge on any atom is -0.478 e. The summed E-state index contributed by atoms with van der Waals surface area (Å²) in [5.41, 5.74) is 0.721. The van der Waals surface area contributed by atoms with E-state index in [4.69, 9.17) is 5.11 Å².